The number of rotatable bonds is 4. The van der Waals surface area contributed by atoms with Crippen LogP contribution in [-0.4, -0.2) is 61.8 Å². The standard InChI is InChI=1S/C18H27N7O/c1-13-9-16(21-23(13)2)18(26)24-7-4-14(5-8-24)11-25-12-17(20-22-25)15-3-6-19-10-15/h9,12,14-15,19H,3-8,10-11H2,1-2H3. The monoisotopic (exact) mass is 357 g/mol. The van der Waals surface area contributed by atoms with Crippen LogP contribution in [-0.2, 0) is 13.6 Å². The summed E-state index contributed by atoms with van der Waals surface area (Å²) in [5, 5.41) is 16.4. The molecule has 1 amide bonds. The maximum atomic E-state index is 12.6. The van der Waals surface area contributed by atoms with Crippen molar-refractivity contribution in [3.05, 3.63) is 29.3 Å². The Morgan fingerprint density at radius 2 is 2.12 bits per heavy atom. The van der Waals surface area contributed by atoms with Crippen molar-refractivity contribution in [2.24, 2.45) is 13.0 Å². The molecule has 4 rings (SSSR count). The van der Waals surface area contributed by atoms with E-state index in [1.165, 1.54) is 0 Å². The van der Waals surface area contributed by atoms with Gasteiger partial charge in [-0.15, -0.1) is 5.10 Å². The van der Waals surface area contributed by atoms with Gasteiger partial charge in [-0.25, -0.2) is 0 Å². The molecule has 0 aromatic carbocycles. The number of nitrogens with zero attached hydrogens (tertiary/aromatic N) is 6. The minimum atomic E-state index is 0.0453. The van der Waals surface area contributed by atoms with Gasteiger partial charge >= 0.3 is 0 Å². The predicted molar refractivity (Wildman–Crippen MR) is 96.8 cm³/mol. The molecule has 140 valence electrons. The number of nitrogens with one attached hydrogen (secondary N) is 1. The first-order valence-corrected chi connectivity index (χ1v) is 9.51. The molecule has 2 fully saturated rings. The van der Waals surface area contributed by atoms with Crippen LogP contribution >= 0.6 is 0 Å². The van der Waals surface area contributed by atoms with Crippen LogP contribution < -0.4 is 5.32 Å². The van der Waals surface area contributed by atoms with Crippen molar-refractivity contribution in [3.8, 4) is 0 Å². The van der Waals surface area contributed by atoms with Gasteiger partial charge in [-0.05, 0) is 44.7 Å². The molecule has 2 aromatic rings. The average Bonchev–Trinajstić information content (AvgIpc) is 3.37. The van der Waals surface area contributed by atoms with Crippen LogP contribution in [0.15, 0.2) is 12.3 Å². The summed E-state index contributed by atoms with van der Waals surface area (Å²) < 4.78 is 3.74. The van der Waals surface area contributed by atoms with Crippen molar-refractivity contribution in [2.45, 2.75) is 38.6 Å². The number of hydrogen-bond acceptors (Lipinski definition) is 5. The minimum Gasteiger partial charge on any atom is -0.337 e. The summed E-state index contributed by atoms with van der Waals surface area (Å²) in [5.41, 5.74) is 2.66. The number of piperidine rings is 1. The lowest BCUT2D eigenvalue weighted by molar-refractivity contribution is 0.0674. The van der Waals surface area contributed by atoms with Gasteiger partial charge in [-0.3, -0.25) is 14.2 Å². The summed E-state index contributed by atoms with van der Waals surface area (Å²) in [6.45, 7) is 6.49. The summed E-state index contributed by atoms with van der Waals surface area (Å²) in [6, 6.07) is 1.86. The highest BCUT2D eigenvalue weighted by Crippen LogP contribution is 2.23. The molecule has 1 unspecified atom stereocenters. The van der Waals surface area contributed by atoms with Crippen LogP contribution in [0, 0.1) is 12.8 Å². The van der Waals surface area contributed by atoms with Gasteiger partial charge in [0.1, 0.15) is 0 Å². The molecule has 8 nitrogen and oxygen atoms in total. The summed E-state index contributed by atoms with van der Waals surface area (Å²) in [7, 11) is 1.87. The SMILES string of the molecule is Cc1cc(C(=O)N2CCC(Cn3cc(C4CCNC4)nn3)CC2)nn1C. The van der Waals surface area contributed by atoms with Gasteiger partial charge in [0.2, 0.25) is 0 Å². The molecule has 0 radical (unpaired) electrons. The summed E-state index contributed by atoms with van der Waals surface area (Å²) in [6.07, 6.45) is 5.24. The van der Waals surface area contributed by atoms with Crippen molar-refractivity contribution >= 4 is 5.91 Å². The number of hydrogen-bond donors (Lipinski definition) is 1. The maximum absolute atomic E-state index is 12.6. The lowest BCUT2D eigenvalue weighted by Gasteiger charge is -2.31. The quantitative estimate of drug-likeness (QED) is 0.881. The first-order chi connectivity index (χ1) is 12.6. The Morgan fingerprint density at radius 3 is 2.77 bits per heavy atom. The van der Waals surface area contributed by atoms with E-state index in [0.29, 0.717) is 17.5 Å². The van der Waals surface area contributed by atoms with E-state index in [4.69, 9.17) is 0 Å². The van der Waals surface area contributed by atoms with Crippen molar-refractivity contribution in [2.75, 3.05) is 26.2 Å². The fourth-order valence-electron chi connectivity index (χ4n) is 3.91. The molecule has 0 saturated carbocycles. The molecule has 1 atom stereocenters. The number of aryl methyl sites for hydroxylation is 2. The Hall–Kier alpha value is -2.22. The zero-order chi connectivity index (χ0) is 18.1. The predicted octanol–water partition coefficient (Wildman–Crippen LogP) is 0.949. The van der Waals surface area contributed by atoms with Crippen LogP contribution in [0.4, 0.5) is 0 Å². The van der Waals surface area contributed by atoms with Crippen LogP contribution in [0.5, 0.6) is 0 Å². The highest BCUT2D eigenvalue weighted by Gasteiger charge is 2.26. The Balaban J connectivity index is 1.30. The second-order valence-corrected chi connectivity index (χ2v) is 7.59. The Labute approximate surface area is 153 Å². The normalized spacial score (nSPS) is 21.5. The van der Waals surface area contributed by atoms with E-state index in [-0.39, 0.29) is 5.91 Å². The van der Waals surface area contributed by atoms with E-state index < -0.39 is 0 Å². The molecule has 2 saturated heterocycles. The number of aromatic nitrogens is 5. The second kappa shape index (κ2) is 7.19. The van der Waals surface area contributed by atoms with Crippen LogP contribution in [0.3, 0.4) is 0 Å². The number of amides is 1. The second-order valence-electron chi connectivity index (χ2n) is 7.59. The molecule has 26 heavy (non-hydrogen) atoms. The van der Waals surface area contributed by atoms with Crippen molar-refractivity contribution in [1.82, 2.24) is 35.0 Å². The summed E-state index contributed by atoms with van der Waals surface area (Å²) in [5.74, 6) is 1.09. The molecule has 1 N–H and O–H groups in total. The van der Waals surface area contributed by atoms with Gasteiger partial charge in [0, 0.05) is 51.0 Å². The molecule has 2 aliphatic rings. The molecule has 4 heterocycles. The van der Waals surface area contributed by atoms with Crippen molar-refractivity contribution in [3.63, 3.8) is 0 Å². The van der Waals surface area contributed by atoms with Gasteiger partial charge < -0.3 is 10.2 Å². The Morgan fingerprint density at radius 1 is 1.31 bits per heavy atom. The highest BCUT2D eigenvalue weighted by molar-refractivity contribution is 5.92. The van der Waals surface area contributed by atoms with E-state index in [9.17, 15) is 4.79 Å². The number of carbonyl (C=O) groups is 1. The van der Waals surface area contributed by atoms with Gasteiger partial charge in [-0.2, -0.15) is 5.10 Å². The third kappa shape index (κ3) is 3.51. The van der Waals surface area contributed by atoms with Gasteiger partial charge in [0.15, 0.2) is 5.69 Å². The van der Waals surface area contributed by atoms with E-state index in [1.54, 1.807) is 4.68 Å². The molecular weight excluding hydrogens is 330 g/mol. The molecular formula is C18H27N7O. The number of carbonyl (C=O) groups excluding carboxylic acids is 1. The van der Waals surface area contributed by atoms with Crippen molar-refractivity contribution in [1.29, 1.82) is 0 Å². The van der Waals surface area contributed by atoms with Crippen molar-refractivity contribution < 1.29 is 4.79 Å². The third-order valence-electron chi connectivity index (χ3n) is 5.71. The molecule has 2 aromatic heterocycles. The zero-order valence-electron chi connectivity index (χ0n) is 15.6. The Bertz CT molecular complexity index is 747. The molecule has 0 aliphatic carbocycles. The first kappa shape index (κ1) is 17.2. The zero-order valence-corrected chi connectivity index (χ0v) is 15.6. The fraction of sp³-hybridized carbons (Fsp3) is 0.667. The lowest BCUT2D eigenvalue weighted by atomic mass is 9.96. The largest absolute Gasteiger partial charge is 0.337 e. The first-order valence-electron chi connectivity index (χ1n) is 9.51. The Kier molecular flexibility index (Phi) is 4.76. The van der Waals surface area contributed by atoms with Crippen LogP contribution in [0.1, 0.15) is 47.1 Å². The van der Waals surface area contributed by atoms with Gasteiger partial charge in [-0.1, -0.05) is 5.21 Å². The van der Waals surface area contributed by atoms with Crippen LogP contribution in [0.25, 0.3) is 0 Å². The molecule has 8 heteroatoms. The fourth-order valence-corrected chi connectivity index (χ4v) is 3.91. The lowest BCUT2D eigenvalue weighted by Crippen LogP contribution is -2.39. The van der Waals surface area contributed by atoms with Gasteiger partial charge in [0.25, 0.3) is 5.91 Å². The smallest absolute Gasteiger partial charge is 0.274 e. The third-order valence-corrected chi connectivity index (χ3v) is 5.71. The molecule has 0 spiro atoms. The topological polar surface area (TPSA) is 80.9 Å². The highest BCUT2D eigenvalue weighted by atomic mass is 16.2. The van der Waals surface area contributed by atoms with E-state index >= 15 is 0 Å². The molecule has 0 bridgehead atoms. The molecule has 2 aliphatic heterocycles. The van der Waals surface area contributed by atoms with Crippen LogP contribution in [0.2, 0.25) is 0 Å². The van der Waals surface area contributed by atoms with E-state index in [0.717, 1.165) is 63.4 Å². The maximum Gasteiger partial charge on any atom is 0.274 e. The summed E-state index contributed by atoms with van der Waals surface area (Å²) >= 11 is 0. The average molecular weight is 357 g/mol. The summed E-state index contributed by atoms with van der Waals surface area (Å²) in [4.78, 5) is 14.5. The van der Waals surface area contributed by atoms with E-state index in [2.05, 4.69) is 26.9 Å². The van der Waals surface area contributed by atoms with Gasteiger partial charge in [0.05, 0.1) is 5.69 Å². The minimum absolute atomic E-state index is 0.0453. The van der Waals surface area contributed by atoms with E-state index in [1.807, 2.05) is 29.6 Å². The number of likely N-dealkylation sites (tertiary alicyclic amines) is 1.